The number of carbonyl (C=O) groups is 2. The molecule has 0 aliphatic heterocycles. The second kappa shape index (κ2) is 8.95. The van der Waals surface area contributed by atoms with Crippen LogP contribution in [-0.2, 0) is 19.1 Å². The van der Waals surface area contributed by atoms with Gasteiger partial charge in [-0.1, -0.05) is 0 Å². The highest BCUT2D eigenvalue weighted by molar-refractivity contribution is 5.91. The number of carbonyl (C=O) groups excluding carboxylic acids is 2. The first-order chi connectivity index (χ1) is 7.91. The van der Waals surface area contributed by atoms with E-state index in [4.69, 9.17) is 19.7 Å². The third-order valence-corrected chi connectivity index (χ3v) is 1.89. The van der Waals surface area contributed by atoms with Gasteiger partial charge in [0.15, 0.2) is 0 Å². The van der Waals surface area contributed by atoms with Crippen LogP contribution in [0.15, 0.2) is 0 Å². The molecule has 0 rings (SSSR count). The molecule has 6 nitrogen and oxygen atoms in total. The summed E-state index contributed by atoms with van der Waals surface area (Å²) in [6.45, 7) is 3.32. The van der Waals surface area contributed by atoms with E-state index in [9.17, 15) is 9.59 Å². The van der Waals surface area contributed by atoms with Crippen LogP contribution in [0.1, 0.15) is 33.1 Å². The Morgan fingerprint density at radius 3 is 1.59 bits per heavy atom. The van der Waals surface area contributed by atoms with Crippen LogP contribution in [0.4, 0.5) is 0 Å². The summed E-state index contributed by atoms with van der Waals surface area (Å²) in [4.78, 5) is 22.2. The molecule has 6 heteroatoms. The van der Waals surface area contributed by atoms with Crippen molar-refractivity contribution in [2.75, 3.05) is 13.2 Å². The van der Waals surface area contributed by atoms with Gasteiger partial charge in [0.2, 0.25) is 0 Å². The largest absolute Gasteiger partial charge is 0.465 e. The third kappa shape index (κ3) is 11.1. The van der Waals surface area contributed by atoms with Gasteiger partial charge in [0.05, 0.1) is 25.4 Å². The summed E-state index contributed by atoms with van der Waals surface area (Å²) in [7, 11) is 0. The minimum Gasteiger partial charge on any atom is -0.465 e. The summed E-state index contributed by atoms with van der Waals surface area (Å²) in [5.74, 6) is -1.35. The Balaban J connectivity index is 3.56. The maximum Gasteiger partial charge on any atom is 0.317 e. The van der Waals surface area contributed by atoms with Gasteiger partial charge in [0, 0.05) is 12.8 Å². The maximum absolute atomic E-state index is 11.1. The van der Waals surface area contributed by atoms with E-state index < -0.39 is 30.6 Å². The maximum atomic E-state index is 11.1. The molecule has 0 aromatic carbocycles. The highest BCUT2D eigenvalue weighted by Crippen LogP contribution is 1.97. The summed E-state index contributed by atoms with van der Waals surface area (Å²) >= 11 is 0. The Morgan fingerprint density at radius 1 is 0.941 bits per heavy atom. The van der Waals surface area contributed by atoms with Crippen molar-refractivity contribution in [1.29, 1.82) is 0 Å². The van der Waals surface area contributed by atoms with E-state index in [2.05, 4.69) is 0 Å². The summed E-state index contributed by atoms with van der Waals surface area (Å²) in [6.07, 6.45) is -0.854. The zero-order valence-electron chi connectivity index (χ0n) is 10.2. The summed E-state index contributed by atoms with van der Waals surface area (Å²) in [6, 6.07) is 0. The zero-order valence-corrected chi connectivity index (χ0v) is 10.2. The van der Waals surface area contributed by atoms with Crippen LogP contribution in [0.5, 0.6) is 0 Å². The van der Waals surface area contributed by atoms with E-state index >= 15 is 0 Å². The van der Waals surface area contributed by atoms with Gasteiger partial charge < -0.3 is 19.7 Å². The molecule has 0 spiro atoms. The predicted molar refractivity (Wildman–Crippen MR) is 59.1 cm³/mol. The van der Waals surface area contributed by atoms with Crippen molar-refractivity contribution in [3.8, 4) is 0 Å². The van der Waals surface area contributed by atoms with E-state index in [1.807, 2.05) is 0 Å². The molecule has 0 aromatic rings. The molecular weight excluding hydrogens is 228 g/mol. The average molecular weight is 248 g/mol. The Morgan fingerprint density at radius 2 is 1.29 bits per heavy atom. The molecule has 0 aliphatic carbocycles. The van der Waals surface area contributed by atoms with Crippen LogP contribution in [-0.4, -0.2) is 47.6 Å². The van der Waals surface area contributed by atoms with Gasteiger partial charge in [-0.25, -0.2) is 0 Å². The van der Waals surface area contributed by atoms with Gasteiger partial charge in [-0.15, -0.1) is 0 Å². The number of hydrogen-bond donors (Lipinski definition) is 2. The fraction of sp³-hybridized carbons (Fsp3) is 0.818. The highest BCUT2D eigenvalue weighted by Gasteiger charge is 2.12. The van der Waals surface area contributed by atoms with Gasteiger partial charge in [-0.3, -0.25) is 9.59 Å². The van der Waals surface area contributed by atoms with Crippen LogP contribution in [0.2, 0.25) is 0 Å². The van der Waals surface area contributed by atoms with Gasteiger partial charge >= 0.3 is 11.9 Å². The lowest BCUT2D eigenvalue weighted by Gasteiger charge is -2.07. The van der Waals surface area contributed by atoms with Gasteiger partial charge in [0.1, 0.15) is 6.42 Å². The number of rotatable bonds is 8. The monoisotopic (exact) mass is 248 g/mol. The molecule has 0 amide bonds. The number of aliphatic hydroxyl groups is 2. The summed E-state index contributed by atoms with van der Waals surface area (Å²) in [5, 5.41) is 17.8. The zero-order chi connectivity index (χ0) is 13.3. The molecule has 2 N–H and O–H groups in total. The molecule has 0 aromatic heterocycles. The molecule has 2 atom stereocenters. The van der Waals surface area contributed by atoms with Crippen molar-refractivity contribution >= 4 is 11.9 Å². The number of esters is 2. The van der Waals surface area contributed by atoms with E-state index in [0.29, 0.717) is 12.8 Å². The lowest BCUT2D eigenvalue weighted by atomic mass is 10.3. The minimum atomic E-state index is -0.673. The Bertz CT molecular complexity index is 212. The fourth-order valence-corrected chi connectivity index (χ4v) is 0.907. The topological polar surface area (TPSA) is 93.1 Å². The van der Waals surface area contributed by atoms with E-state index in [0.717, 1.165) is 0 Å². The van der Waals surface area contributed by atoms with Gasteiger partial charge in [-0.05, 0) is 13.8 Å². The fourth-order valence-electron chi connectivity index (χ4n) is 0.907. The lowest BCUT2D eigenvalue weighted by molar-refractivity contribution is -0.155. The second-order valence-electron chi connectivity index (χ2n) is 3.89. The second-order valence-corrected chi connectivity index (χ2v) is 3.89. The molecule has 0 fully saturated rings. The smallest absolute Gasteiger partial charge is 0.317 e. The Kier molecular flexibility index (Phi) is 8.35. The van der Waals surface area contributed by atoms with Crippen LogP contribution >= 0.6 is 0 Å². The van der Waals surface area contributed by atoms with Crippen LogP contribution in [0.25, 0.3) is 0 Å². The summed E-state index contributed by atoms with van der Waals surface area (Å²) in [5.41, 5.74) is 0. The molecule has 100 valence electrons. The van der Waals surface area contributed by atoms with E-state index in [-0.39, 0.29) is 13.2 Å². The Hall–Kier alpha value is -1.14. The molecule has 0 radical (unpaired) electrons. The number of ether oxygens (including phenoxy) is 2. The minimum absolute atomic E-state index is 0.0808. The molecule has 17 heavy (non-hydrogen) atoms. The van der Waals surface area contributed by atoms with Gasteiger partial charge in [0.25, 0.3) is 0 Å². The van der Waals surface area contributed by atoms with E-state index in [1.54, 1.807) is 13.8 Å². The summed E-state index contributed by atoms with van der Waals surface area (Å²) < 4.78 is 9.40. The number of hydrogen-bond acceptors (Lipinski definition) is 6. The van der Waals surface area contributed by atoms with Crippen LogP contribution in [0, 0.1) is 0 Å². The highest BCUT2D eigenvalue weighted by atomic mass is 16.6. The quantitative estimate of drug-likeness (QED) is 0.464. The van der Waals surface area contributed by atoms with Crippen molar-refractivity contribution < 1.29 is 29.3 Å². The molecular formula is C11H20O6. The molecule has 0 saturated heterocycles. The molecule has 0 aliphatic rings. The third-order valence-electron chi connectivity index (χ3n) is 1.89. The average Bonchev–Trinajstić information content (AvgIpc) is 2.15. The number of aliphatic hydroxyl groups excluding tert-OH is 2. The van der Waals surface area contributed by atoms with Crippen LogP contribution in [0.3, 0.4) is 0 Å². The molecule has 2 unspecified atom stereocenters. The predicted octanol–water partition coefficient (Wildman–Crippen LogP) is 0.00470. The van der Waals surface area contributed by atoms with Crippen molar-refractivity contribution in [3.05, 3.63) is 0 Å². The van der Waals surface area contributed by atoms with Crippen molar-refractivity contribution in [1.82, 2.24) is 0 Å². The lowest BCUT2D eigenvalue weighted by Crippen LogP contribution is -2.17. The van der Waals surface area contributed by atoms with Crippen molar-refractivity contribution in [2.24, 2.45) is 0 Å². The standard InChI is InChI=1S/C11H20O6/c1-8(12)3-5-16-10(14)7-11(15)17-6-4-9(2)13/h8-9,12-13H,3-7H2,1-2H3. The molecule has 0 saturated carbocycles. The first-order valence-corrected chi connectivity index (χ1v) is 5.59. The first-order valence-electron chi connectivity index (χ1n) is 5.59. The molecule has 0 heterocycles. The van der Waals surface area contributed by atoms with Crippen LogP contribution < -0.4 is 0 Å². The van der Waals surface area contributed by atoms with E-state index in [1.165, 1.54) is 0 Å². The molecule has 0 bridgehead atoms. The normalized spacial score (nSPS) is 13.9. The van der Waals surface area contributed by atoms with Crippen molar-refractivity contribution in [3.63, 3.8) is 0 Å². The first kappa shape index (κ1) is 15.9. The SMILES string of the molecule is CC(O)CCOC(=O)CC(=O)OCCC(C)O. The van der Waals surface area contributed by atoms with Crippen molar-refractivity contribution in [2.45, 2.75) is 45.3 Å². The van der Waals surface area contributed by atoms with Gasteiger partial charge in [-0.2, -0.15) is 0 Å². The Labute approximate surface area is 101 Å².